The van der Waals surface area contributed by atoms with E-state index in [1.807, 2.05) is 43.3 Å². The maximum atomic E-state index is 12.6. The zero-order chi connectivity index (χ0) is 20.4. The molecule has 0 aliphatic rings. The van der Waals surface area contributed by atoms with Gasteiger partial charge >= 0.3 is 5.97 Å². The second-order valence-electron chi connectivity index (χ2n) is 7.28. The van der Waals surface area contributed by atoms with Crippen LogP contribution in [-0.4, -0.2) is 18.0 Å². The third kappa shape index (κ3) is 3.79. The largest absolute Gasteiger partial charge is 0.449 e. The Kier molecular flexibility index (Phi) is 5.54. The van der Waals surface area contributed by atoms with E-state index in [2.05, 4.69) is 19.2 Å². The van der Waals surface area contributed by atoms with Crippen LogP contribution >= 0.6 is 0 Å². The number of para-hydroxylation sites is 2. The summed E-state index contributed by atoms with van der Waals surface area (Å²) < 4.78 is 11.0. The molecule has 2 aromatic carbocycles. The molecular weight excluding hydrogens is 354 g/mol. The molecule has 0 radical (unpaired) electrons. The van der Waals surface area contributed by atoms with Crippen LogP contribution in [0.1, 0.15) is 53.9 Å². The van der Waals surface area contributed by atoms with E-state index in [1.54, 1.807) is 19.9 Å². The van der Waals surface area contributed by atoms with E-state index >= 15 is 0 Å². The van der Waals surface area contributed by atoms with Gasteiger partial charge in [0.15, 0.2) is 6.10 Å². The first-order valence-corrected chi connectivity index (χ1v) is 9.39. The van der Waals surface area contributed by atoms with E-state index in [0.717, 1.165) is 22.2 Å². The molecule has 1 aromatic heterocycles. The zero-order valence-corrected chi connectivity index (χ0v) is 16.8. The molecular formula is C23H25NO4. The molecule has 0 spiro atoms. The van der Waals surface area contributed by atoms with Crippen molar-refractivity contribution in [3.8, 4) is 0 Å². The Balaban J connectivity index is 1.76. The van der Waals surface area contributed by atoms with Crippen LogP contribution in [0.4, 0.5) is 5.69 Å². The molecule has 1 amide bonds. The van der Waals surface area contributed by atoms with Gasteiger partial charge in [0.25, 0.3) is 5.91 Å². The van der Waals surface area contributed by atoms with E-state index < -0.39 is 12.1 Å². The lowest BCUT2D eigenvalue weighted by Crippen LogP contribution is -2.30. The number of rotatable bonds is 5. The summed E-state index contributed by atoms with van der Waals surface area (Å²) in [6.45, 7) is 9.43. The minimum atomic E-state index is -0.959. The number of fused-ring (bicyclic) bond motifs is 1. The SMILES string of the molecule is Cc1cccc(C(C)C)c1NC(=O)[C@H](C)OC(=O)c1oc2ccccc2c1C. The molecule has 146 valence electrons. The lowest BCUT2D eigenvalue weighted by atomic mass is 9.98. The first-order chi connectivity index (χ1) is 13.3. The molecule has 0 unspecified atom stereocenters. The molecule has 0 saturated carbocycles. The second-order valence-corrected chi connectivity index (χ2v) is 7.28. The highest BCUT2D eigenvalue weighted by Crippen LogP contribution is 2.28. The van der Waals surface area contributed by atoms with Gasteiger partial charge in [-0.3, -0.25) is 4.79 Å². The summed E-state index contributed by atoms with van der Waals surface area (Å²) in [4.78, 5) is 25.2. The number of nitrogens with one attached hydrogen (secondary N) is 1. The summed E-state index contributed by atoms with van der Waals surface area (Å²) in [6, 6.07) is 13.3. The molecule has 5 nitrogen and oxygen atoms in total. The van der Waals surface area contributed by atoms with Crippen molar-refractivity contribution in [3.05, 3.63) is 64.9 Å². The van der Waals surface area contributed by atoms with Crippen LogP contribution < -0.4 is 5.32 Å². The fourth-order valence-electron chi connectivity index (χ4n) is 3.20. The molecule has 0 bridgehead atoms. The molecule has 28 heavy (non-hydrogen) atoms. The maximum Gasteiger partial charge on any atom is 0.375 e. The lowest BCUT2D eigenvalue weighted by molar-refractivity contribution is -0.123. The molecule has 5 heteroatoms. The highest BCUT2D eigenvalue weighted by atomic mass is 16.6. The van der Waals surface area contributed by atoms with Gasteiger partial charge in [0.05, 0.1) is 0 Å². The number of hydrogen-bond donors (Lipinski definition) is 1. The molecule has 0 aliphatic carbocycles. The van der Waals surface area contributed by atoms with Crippen molar-refractivity contribution in [1.82, 2.24) is 0 Å². The van der Waals surface area contributed by atoms with Crippen molar-refractivity contribution < 1.29 is 18.7 Å². The van der Waals surface area contributed by atoms with E-state index in [-0.39, 0.29) is 17.6 Å². The first-order valence-electron chi connectivity index (χ1n) is 9.39. The Hall–Kier alpha value is -3.08. The predicted octanol–water partition coefficient (Wildman–Crippen LogP) is 5.36. The summed E-state index contributed by atoms with van der Waals surface area (Å²) in [7, 11) is 0. The summed E-state index contributed by atoms with van der Waals surface area (Å²) in [5.41, 5.74) is 4.09. The lowest BCUT2D eigenvalue weighted by Gasteiger charge is -2.18. The van der Waals surface area contributed by atoms with Crippen LogP contribution in [0.5, 0.6) is 0 Å². The topological polar surface area (TPSA) is 68.5 Å². The number of carbonyl (C=O) groups is 2. The fraction of sp³-hybridized carbons (Fsp3) is 0.304. The van der Waals surface area contributed by atoms with Gasteiger partial charge in [-0.15, -0.1) is 0 Å². The van der Waals surface area contributed by atoms with Crippen molar-refractivity contribution in [1.29, 1.82) is 0 Å². The summed E-state index contributed by atoms with van der Waals surface area (Å²) >= 11 is 0. The first kappa shape index (κ1) is 19.7. The number of amides is 1. The van der Waals surface area contributed by atoms with E-state index in [1.165, 1.54) is 0 Å². The number of furan rings is 1. The smallest absolute Gasteiger partial charge is 0.375 e. The molecule has 3 aromatic rings. The molecule has 0 fully saturated rings. The molecule has 0 aliphatic heterocycles. The predicted molar refractivity (Wildman–Crippen MR) is 110 cm³/mol. The summed E-state index contributed by atoms with van der Waals surface area (Å²) in [5.74, 6) is -0.644. The van der Waals surface area contributed by atoms with Crippen LogP contribution in [0.2, 0.25) is 0 Å². The number of ether oxygens (including phenoxy) is 1. The molecule has 1 atom stereocenters. The minimum Gasteiger partial charge on any atom is -0.449 e. The standard InChI is InChI=1S/C23H25NO4/c1-13(2)17-11-8-9-14(3)20(17)24-22(25)16(5)27-23(26)21-15(4)18-10-6-7-12-19(18)28-21/h6-13,16H,1-5H3,(H,24,25)/t16-/m0/s1. The van der Waals surface area contributed by atoms with Gasteiger partial charge < -0.3 is 14.5 Å². The molecule has 3 rings (SSSR count). The van der Waals surface area contributed by atoms with Crippen LogP contribution in [0.3, 0.4) is 0 Å². The third-order valence-electron chi connectivity index (χ3n) is 4.86. The highest BCUT2D eigenvalue weighted by molar-refractivity contribution is 6.00. The molecule has 1 heterocycles. The average molecular weight is 379 g/mol. The zero-order valence-electron chi connectivity index (χ0n) is 16.8. The van der Waals surface area contributed by atoms with Crippen molar-refractivity contribution >= 4 is 28.5 Å². The van der Waals surface area contributed by atoms with Crippen LogP contribution in [0, 0.1) is 13.8 Å². The quantitative estimate of drug-likeness (QED) is 0.606. The Morgan fingerprint density at radius 2 is 1.71 bits per heavy atom. The summed E-state index contributed by atoms with van der Waals surface area (Å²) in [5, 5.41) is 3.77. The Labute approximate surface area is 164 Å². The van der Waals surface area contributed by atoms with Crippen molar-refractivity contribution in [2.45, 2.75) is 46.6 Å². The van der Waals surface area contributed by atoms with Crippen LogP contribution in [0.15, 0.2) is 46.9 Å². The maximum absolute atomic E-state index is 12.6. The monoisotopic (exact) mass is 379 g/mol. The van der Waals surface area contributed by atoms with Crippen molar-refractivity contribution in [2.75, 3.05) is 5.32 Å². The Morgan fingerprint density at radius 3 is 2.39 bits per heavy atom. The van der Waals surface area contributed by atoms with Gasteiger partial charge in [-0.1, -0.05) is 50.2 Å². The number of anilines is 1. The van der Waals surface area contributed by atoms with Gasteiger partial charge in [0.2, 0.25) is 5.76 Å². The number of benzene rings is 2. The minimum absolute atomic E-state index is 0.125. The fourth-order valence-corrected chi connectivity index (χ4v) is 3.20. The highest BCUT2D eigenvalue weighted by Gasteiger charge is 2.25. The number of esters is 1. The van der Waals surface area contributed by atoms with E-state index in [0.29, 0.717) is 11.1 Å². The molecule has 1 N–H and O–H groups in total. The molecule has 0 saturated heterocycles. The van der Waals surface area contributed by atoms with Gasteiger partial charge in [-0.05, 0) is 43.9 Å². The number of hydrogen-bond acceptors (Lipinski definition) is 4. The van der Waals surface area contributed by atoms with Gasteiger partial charge in [-0.25, -0.2) is 4.79 Å². The van der Waals surface area contributed by atoms with Crippen LogP contribution in [-0.2, 0) is 9.53 Å². The second kappa shape index (κ2) is 7.89. The van der Waals surface area contributed by atoms with Crippen molar-refractivity contribution in [3.63, 3.8) is 0 Å². The number of aryl methyl sites for hydroxylation is 2. The average Bonchev–Trinajstić information content (AvgIpc) is 3.00. The van der Waals surface area contributed by atoms with Crippen LogP contribution in [0.25, 0.3) is 11.0 Å². The Morgan fingerprint density at radius 1 is 1.00 bits per heavy atom. The van der Waals surface area contributed by atoms with Gasteiger partial charge in [-0.2, -0.15) is 0 Å². The van der Waals surface area contributed by atoms with E-state index in [9.17, 15) is 9.59 Å². The number of carbonyl (C=O) groups excluding carboxylic acids is 2. The normalized spacial score (nSPS) is 12.2. The third-order valence-corrected chi connectivity index (χ3v) is 4.86. The van der Waals surface area contributed by atoms with Crippen molar-refractivity contribution in [2.24, 2.45) is 0 Å². The summed E-state index contributed by atoms with van der Waals surface area (Å²) in [6.07, 6.45) is -0.959. The van der Waals surface area contributed by atoms with Gasteiger partial charge in [0, 0.05) is 16.6 Å². The van der Waals surface area contributed by atoms with E-state index in [4.69, 9.17) is 9.15 Å². The Bertz CT molecular complexity index is 1030. The van der Waals surface area contributed by atoms with Gasteiger partial charge in [0.1, 0.15) is 5.58 Å².